The summed E-state index contributed by atoms with van der Waals surface area (Å²) in [5.74, 6) is 0. The van der Waals surface area contributed by atoms with E-state index in [-0.39, 0.29) is 0 Å². The molecule has 5 heteroatoms. The summed E-state index contributed by atoms with van der Waals surface area (Å²) in [6.07, 6.45) is 2.04. The molecular weight excluding hydrogens is 214 g/mol. The molecule has 0 amide bonds. The van der Waals surface area contributed by atoms with Crippen molar-refractivity contribution >= 4 is 0 Å². The van der Waals surface area contributed by atoms with Gasteiger partial charge < -0.3 is 27.0 Å². The topological polar surface area (TPSA) is 74.1 Å². The molecule has 0 aromatic rings. The van der Waals surface area contributed by atoms with Crippen molar-refractivity contribution in [1.29, 1.82) is 0 Å². The predicted molar refractivity (Wildman–Crippen MR) is 75.1 cm³/mol. The lowest BCUT2D eigenvalue weighted by Gasteiger charge is -2.07. The van der Waals surface area contributed by atoms with Gasteiger partial charge in [0.2, 0.25) is 0 Å². The highest BCUT2D eigenvalue weighted by molar-refractivity contribution is 4.90. The fraction of sp³-hybridized carbons (Fsp3) is 0.833. The lowest BCUT2D eigenvalue weighted by molar-refractivity contribution is 0.580. The van der Waals surface area contributed by atoms with Gasteiger partial charge in [-0.15, -0.1) is 0 Å². The van der Waals surface area contributed by atoms with Crippen molar-refractivity contribution in [2.75, 3.05) is 52.4 Å². The van der Waals surface area contributed by atoms with Crippen LogP contribution in [-0.4, -0.2) is 52.4 Å². The van der Waals surface area contributed by atoms with E-state index in [9.17, 15) is 0 Å². The van der Waals surface area contributed by atoms with Crippen molar-refractivity contribution in [3.05, 3.63) is 11.8 Å². The minimum atomic E-state index is 0.709. The molecule has 0 heterocycles. The van der Waals surface area contributed by atoms with Crippen LogP contribution in [0.1, 0.15) is 13.8 Å². The van der Waals surface area contributed by atoms with Crippen molar-refractivity contribution in [2.45, 2.75) is 13.8 Å². The van der Waals surface area contributed by atoms with Crippen LogP contribution in [0.4, 0.5) is 0 Å². The minimum absolute atomic E-state index is 0.709. The Morgan fingerprint density at radius 2 is 1.29 bits per heavy atom. The van der Waals surface area contributed by atoms with Crippen LogP contribution < -0.4 is 27.0 Å². The minimum Gasteiger partial charge on any atom is -0.390 e. The molecule has 0 aromatic carbocycles. The van der Waals surface area contributed by atoms with E-state index in [1.165, 1.54) is 5.57 Å². The molecule has 0 rings (SSSR count). The van der Waals surface area contributed by atoms with Crippen molar-refractivity contribution < 1.29 is 0 Å². The van der Waals surface area contributed by atoms with Crippen LogP contribution in [-0.2, 0) is 0 Å². The number of nitrogens with one attached hydrogen (secondary N) is 4. The first-order valence-electron chi connectivity index (χ1n) is 6.46. The standard InChI is InChI=1S/C12H29N5/c1-12(2)11-17-10-9-16-8-7-15-6-5-14-4-3-13/h11,14-17H,3-10,13H2,1-2H3. The van der Waals surface area contributed by atoms with Crippen LogP contribution in [0.5, 0.6) is 0 Å². The molecule has 6 N–H and O–H groups in total. The molecule has 0 fully saturated rings. The zero-order chi connectivity index (χ0) is 12.8. The molecule has 0 spiro atoms. The molecule has 5 nitrogen and oxygen atoms in total. The van der Waals surface area contributed by atoms with E-state index >= 15 is 0 Å². The van der Waals surface area contributed by atoms with E-state index in [0.29, 0.717) is 6.54 Å². The highest BCUT2D eigenvalue weighted by Crippen LogP contribution is 1.82. The van der Waals surface area contributed by atoms with E-state index in [4.69, 9.17) is 5.73 Å². The van der Waals surface area contributed by atoms with Crippen LogP contribution in [0.2, 0.25) is 0 Å². The maximum atomic E-state index is 5.36. The van der Waals surface area contributed by atoms with Crippen LogP contribution in [0, 0.1) is 0 Å². The highest BCUT2D eigenvalue weighted by atomic mass is 15.0. The van der Waals surface area contributed by atoms with E-state index < -0.39 is 0 Å². The predicted octanol–water partition coefficient (Wildman–Crippen LogP) is -0.773. The smallest absolute Gasteiger partial charge is 0.0266 e. The lowest BCUT2D eigenvalue weighted by atomic mass is 10.4. The van der Waals surface area contributed by atoms with E-state index in [1.54, 1.807) is 0 Å². The average Bonchev–Trinajstić information content (AvgIpc) is 2.30. The molecule has 0 atom stereocenters. The molecule has 0 bridgehead atoms. The number of allylic oxidation sites excluding steroid dienone is 1. The Labute approximate surface area is 106 Å². The van der Waals surface area contributed by atoms with Gasteiger partial charge in [-0.2, -0.15) is 0 Å². The molecule has 0 aliphatic rings. The summed E-state index contributed by atoms with van der Waals surface area (Å²) in [7, 11) is 0. The molecule has 102 valence electrons. The van der Waals surface area contributed by atoms with E-state index in [1.807, 2.05) is 6.20 Å². The van der Waals surface area contributed by atoms with Gasteiger partial charge in [-0.3, -0.25) is 0 Å². The van der Waals surface area contributed by atoms with Gasteiger partial charge in [0.25, 0.3) is 0 Å². The van der Waals surface area contributed by atoms with Gasteiger partial charge in [0, 0.05) is 52.4 Å². The number of rotatable bonds is 12. The summed E-state index contributed by atoms with van der Waals surface area (Å²) >= 11 is 0. The van der Waals surface area contributed by atoms with E-state index in [0.717, 1.165) is 45.8 Å². The second-order valence-electron chi connectivity index (χ2n) is 4.21. The van der Waals surface area contributed by atoms with Gasteiger partial charge in [-0.05, 0) is 20.0 Å². The van der Waals surface area contributed by atoms with Gasteiger partial charge in [-0.1, -0.05) is 5.57 Å². The fourth-order valence-electron chi connectivity index (χ4n) is 1.27. The molecule has 17 heavy (non-hydrogen) atoms. The quantitative estimate of drug-likeness (QED) is 0.291. The van der Waals surface area contributed by atoms with Gasteiger partial charge in [0.05, 0.1) is 0 Å². The summed E-state index contributed by atoms with van der Waals surface area (Å²) in [6.45, 7) is 11.7. The first kappa shape index (κ1) is 16.4. The molecule has 0 saturated carbocycles. The molecule has 0 aromatic heterocycles. The van der Waals surface area contributed by atoms with Crippen molar-refractivity contribution in [2.24, 2.45) is 5.73 Å². The zero-order valence-corrected chi connectivity index (χ0v) is 11.3. The number of nitrogens with two attached hydrogens (primary N) is 1. The molecule has 0 unspecified atom stereocenters. The first-order chi connectivity index (χ1) is 8.27. The maximum Gasteiger partial charge on any atom is 0.0266 e. The summed E-state index contributed by atoms with van der Waals surface area (Å²) in [5.41, 5.74) is 6.67. The third-order valence-corrected chi connectivity index (χ3v) is 2.12. The Kier molecular flexibility index (Phi) is 13.0. The monoisotopic (exact) mass is 243 g/mol. The van der Waals surface area contributed by atoms with Gasteiger partial charge in [0.15, 0.2) is 0 Å². The fourth-order valence-corrected chi connectivity index (χ4v) is 1.27. The summed E-state index contributed by atoms with van der Waals surface area (Å²) in [4.78, 5) is 0. The molecule has 0 aliphatic carbocycles. The Hall–Kier alpha value is -0.620. The molecule has 0 radical (unpaired) electrons. The molecule has 0 aliphatic heterocycles. The third kappa shape index (κ3) is 15.4. The van der Waals surface area contributed by atoms with Crippen LogP contribution in [0.3, 0.4) is 0 Å². The Morgan fingerprint density at radius 3 is 1.76 bits per heavy atom. The Balaban J connectivity index is 2.96. The number of hydrogen-bond acceptors (Lipinski definition) is 5. The molecule has 0 saturated heterocycles. The van der Waals surface area contributed by atoms with Crippen LogP contribution in [0.15, 0.2) is 11.8 Å². The summed E-state index contributed by atoms with van der Waals surface area (Å²) in [5, 5.41) is 13.2. The Bertz CT molecular complexity index is 178. The maximum absolute atomic E-state index is 5.36. The zero-order valence-electron chi connectivity index (χ0n) is 11.3. The molecular formula is C12H29N5. The van der Waals surface area contributed by atoms with E-state index in [2.05, 4.69) is 35.1 Å². The summed E-state index contributed by atoms with van der Waals surface area (Å²) in [6, 6.07) is 0. The van der Waals surface area contributed by atoms with Crippen LogP contribution >= 0.6 is 0 Å². The highest BCUT2D eigenvalue weighted by Gasteiger charge is 1.88. The second-order valence-corrected chi connectivity index (χ2v) is 4.21. The Morgan fingerprint density at radius 1 is 0.824 bits per heavy atom. The summed E-state index contributed by atoms with van der Waals surface area (Å²) < 4.78 is 0. The normalized spacial score (nSPS) is 10.3. The lowest BCUT2D eigenvalue weighted by Crippen LogP contribution is -2.35. The van der Waals surface area contributed by atoms with Gasteiger partial charge in [0.1, 0.15) is 0 Å². The SMILES string of the molecule is CC(C)=CNCCNCCNCCNCCN. The van der Waals surface area contributed by atoms with Gasteiger partial charge >= 0.3 is 0 Å². The van der Waals surface area contributed by atoms with Gasteiger partial charge in [-0.25, -0.2) is 0 Å². The first-order valence-corrected chi connectivity index (χ1v) is 6.46. The second kappa shape index (κ2) is 13.4. The number of hydrogen-bond donors (Lipinski definition) is 5. The van der Waals surface area contributed by atoms with Crippen molar-refractivity contribution in [1.82, 2.24) is 21.3 Å². The van der Waals surface area contributed by atoms with Crippen molar-refractivity contribution in [3.8, 4) is 0 Å². The van der Waals surface area contributed by atoms with Crippen LogP contribution in [0.25, 0.3) is 0 Å². The van der Waals surface area contributed by atoms with Crippen molar-refractivity contribution in [3.63, 3.8) is 0 Å². The largest absolute Gasteiger partial charge is 0.390 e. The third-order valence-electron chi connectivity index (χ3n) is 2.12. The average molecular weight is 243 g/mol.